The number of aliphatic hydroxyl groups is 1. The molecule has 0 amide bonds. The van der Waals surface area contributed by atoms with Gasteiger partial charge in [0.15, 0.2) is 0 Å². The first-order valence-electron chi connectivity index (χ1n) is 8.90. The molecule has 0 aliphatic rings. The molecule has 0 aromatic carbocycles. The van der Waals surface area contributed by atoms with Crippen molar-refractivity contribution in [2.45, 2.75) is 90.1 Å². The third kappa shape index (κ3) is 15.9. The number of hydrogen-bond donors (Lipinski definition) is 3. The molecule has 0 saturated carbocycles. The minimum absolute atomic E-state index is 0.179. The Morgan fingerprint density at radius 3 is 1.95 bits per heavy atom. The van der Waals surface area contributed by atoms with Crippen LogP contribution in [0.25, 0.3) is 0 Å². The van der Waals surface area contributed by atoms with E-state index in [0.717, 1.165) is 38.9 Å². The van der Waals surface area contributed by atoms with Crippen LogP contribution in [-0.4, -0.2) is 30.8 Å². The summed E-state index contributed by atoms with van der Waals surface area (Å²) in [5, 5.41) is 13.0. The molecule has 0 aliphatic heterocycles. The van der Waals surface area contributed by atoms with E-state index in [-0.39, 0.29) is 6.10 Å². The largest absolute Gasteiger partial charge is 0.392 e. The Bertz CT molecular complexity index is 176. The summed E-state index contributed by atoms with van der Waals surface area (Å²) < 4.78 is 0. The highest BCUT2D eigenvalue weighted by molar-refractivity contribution is 4.60. The first kappa shape index (κ1) is 19.9. The van der Waals surface area contributed by atoms with E-state index in [9.17, 15) is 5.11 Å². The van der Waals surface area contributed by atoms with Crippen LogP contribution in [0.3, 0.4) is 0 Å². The van der Waals surface area contributed by atoms with Crippen molar-refractivity contribution in [3.8, 4) is 0 Å². The Hall–Kier alpha value is -0.120. The maximum atomic E-state index is 9.78. The van der Waals surface area contributed by atoms with Gasteiger partial charge in [-0.15, -0.1) is 0 Å². The summed E-state index contributed by atoms with van der Waals surface area (Å²) >= 11 is 0. The topological polar surface area (TPSA) is 58.3 Å². The monoisotopic (exact) mass is 286 g/mol. The molecule has 0 aromatic heterocycles. The van der Waals surface area contributed by atoms with Gasteiger partial charge in [-0.2, -0.15) is 0 Å². The second-order valence-corrected chi connectivity index (χ2v) is 5.97. The van der Waals surface area contributed by atoms with Crippen LogP contribution in [0.1, 0.15) is 84.0 Å². The molecule has 0 rings (SSSR count). The van der Waals surface area contributed by atoms with E-state index in [2.05, 4.69) is 12.2 Å². The molecule has 1 atom stereocenters. The summed E-state index contributed by atoms with van der Waals surface area (Å²) in [4.78, 5) is 0. The second-order valence-electron chi connectivity index (χ2n) is 5.97. The van der Waals surface area contributed by atoms with E-state index in [1.165, 1.54) is 57.8 Å². The standard InChI is InChI=1S/C17H38N2O/c1-2-3-4-5-6-7-8-9-10-11-13-17(20)16-19-15-12-14-18/h17,19-20H,2-16,18H2,1H3. The molecule has 0 radical (unpaired) electrons. The van der Waals surface area contributed by atoms with Gasteiger partial charge in [0.2, 0.25) is 0 Å². The molecular formula is C17H38N2O. The van der Waals surface area contributed by atoms with E-state index in [0.29, 0.717) is 0 Å². The van der Waals surface area contributed by atoms with Gasteiger partial charge < -0.3 is 16.2 Å². The van der Waals surface area contributed by atoms with Crippen LogP contribution >= 0.6 is 0 Å². The zero-order valence-electron chi connectivity index (χ0n) is 13.7. The molecule has 0 aliphatic carbocycles. The summed E-state index contributed by atoms with van der Waals surface area (Å²) in [5.74, 6) is 0. The van der Waals surface area contributed by atoms with Crippen molar-refractivity contribution in [3.05, 3.63) is 0 Å². The Balaban J connectivity index is 3.07. The van der Waals surface area contributed by atoms with Crippen molar-refractivity contribution in [1.82, 2.24) is 5.32 Å². The Labute approximate surface area is 126 Å². The second kappa shape index (κ2) is 16.9. The summed E-state index contributed by atoms with van der Waals surface area (Å²) in [6.45, 7) is 4.63. The molecule has 0 fully saturated rings. The molecule has 0 bridgehead atoms. The van der Waals surface area contributed by atoms with Gasteiger partial charge in [-0.25, -0.2) is 0 Å². The maximum absolute atomic E-state index is 9.78. The average Bonchev–Trinajstić information content (AvgIpc) is 2.45. The van der Waals surface area contributed by atoms with Gasteiger partial charge in [-0.3, -0.25) is 0 Å². The third-order valence-corrected chi connectivity index (χ3v) is 3.83. The summed E-state index contributed by atoms with van der Waals surface area (Å²) in [6, 6.07) is 0. The van der Waals surface area contributed by atoms with Crippen molar-refractivity contribution in [3.63, 3.8) is 0 Å². The Kier molecular flexibility index (Phi) is 16.8. The smallest absolute Gasteiger partial charge is 0.0664 e. The van der Waals surface area contributed by atoms with E-state index >= 15 is 0 Å². The Morgan fingerprint density at radius 2 is 1.40 bits per heavy atom. The molecule has 0 heterocycles. The third-order valence-electron chi connectivity index (χ3n) is 3.83. The molecule has 122 valence electrons. The SMILES string of the molecule is CCCCCCCCCCCCC(O)CNCCCN. The van der Waals surface area contributed by atoms with Gasteiger partial charge >= 0.3 is 0 Å². The molecule has 20 heavy (non-hydrogen) atoms. The highest BCUT2D eigenvalue weighted by Gasteiger charge is 2.02. The molecule has 0 saturated heterocycles. The number of nitrogens with two attached hydrogens (primary N) is 1. The maximum Gasteiger partial charge on any atom is 0.0664 e. The van der Waals surface area contributed by atoms with E-state index in [4.69, 9.17) is 5.73 Å². The molecule has 3 heteroatoms. The molecule has 4 N–H and O–H groups in total. The first-order chi connectivity index (χ1) is 9.81. The van der Waals surface area contributed by atoms with E-state index in [1.54, 1.807) is 0 Å². The predicted octanol–water partition coefficient (Wildman–Crippen LogP) is 3.60. The van der Waals surface area contributed by atoms with Crippen molar-refractivity contribution < 1.29 is 5.11 Å². The number of aliphatic hydroxyl groups excluding tert-OH is 1. The quantitative estimate of drug-likeness (QED) is 0.380. The van der Waals surface area contributed by atoms with Gasteiger partial charge in [0.05, 0.1) is 6.10 Å². The van der Waals surface area contributed by atoms with Gasteiger partial charge in [0, 0.05) is 6.54 Å². The van der Waals surface area contributed by atoms with Crippen LogP contribution in [0.2, 0.25) is 0 Å². The molecule has 0 aromatic rings. The average molecular weight is 287 g/mol. The van der Waals surface area contributed by atoms with Crippen molar-refractivity contribution in [2.75, 3.05) is 19.6 Å². The number of rotatable bonds is 16. The highest BCUT2D eigenvalue weighted by Crippen LogP contribution is 2.11. The fraction of sp³-hybridized carbons (Fsp3) is 1.00. The molecule has 3 nitrogen and oxygen atoms in total. The van der Waals surface area contributed by atoms with Crippen molar-refractivity contribution >= 4 is 0 Å². The summed E-state index contributed by atoms with van der Waals surface area (Å²) in [5.41, 5.74) is 5.41. The predicted molar refractivity (Wildman–Crippen MR) is 89.0 cm³/mol. The van der Waals surface area contributed by atoms with Gasteiger partial charge in [0.1, 0.15) is 0 Å². The van der Waals surface area contributed by atoms with Gasteiger partial charge in [0.25, 0.3) is 0 Å². The van der Waals surface area contributed by atoms with Crippen LogP contribution in [0.5, 0.6) is 0 Å². The van der Waals surface area contributed by atoms with Crippen molar-refractivity contribution in [2.24, 2.45) is 5.73 Å². The zero-order valence-corrected chi connectivity index (χ0v) is 13.7. The number of nitrogens with one attached hydrogen (secondary N) is 1. The zero-order chi connectivity index (χ0) is 14.9. The minimum Gasteiger partial charge on any atom is -0.392 e. The van der Waals surface area contributed by atoms with E-state index < -0.39 is 0 Å². The Morgan fingerprint density at radius 1 is 0.850 bits per heavy atom. The normalized spacial score (nSPS) is 12.8. The number of hydrogen-bond acceptors (Lipinski definition) is 3. The molecule has 1 unspecified atom stereocenters. The lowest BCUT2D eigenvalue weighted by Crippen LogP contribution is -2.28. The van der Waals surface area contributed by atoms with Crippen LogP contribution in [0, 0.1) is 0 Å². The minimum atomic E-state index is -0.179. The lowest BCUT2D eigenvalue weighted by molar-refractivity contribution is 0.158. The van der Waals surface area contributed by atoms with Crippen molar-refractivity contribution in [1.29, 1.82) is 0 Å². The van der Waals surface area contributed by atoms with Crippen LogP contribution < -0.4 is 11.1 Å². The van der Waals surface area contributed by atoms with Gasteiger partial charge in [-0.05, 0) is 25.9 Å². The lowest BCUT2D eigenvalue weighted by atomic mass is 10.0. The first-order valence-corrected chi connectivity index (χ1v) is 8.90. The van der Waals surface area contributed by atoms with Crippen LogP contribution in [-0.2, 0) is 0 Å². The fourth-order valence-corrected chi connectivity index (χ4v) is 2.47. The number of unbranched alkanes of at least 4 members (excludes halogenated alkanes) is 9. The molecule has 0 spiro atoms. The molecular weight excluding hydrogens is 248 g/mol. The van der Waals surface area contributed by atoms with E-state index in [1.807, 2.05) is 0 Å². The summed E-state index contributed by atoms with van der Waals surface area (Å²) in [6.07, 6.45) is 15.3. The van der Waals surface area contributed by atoms with Gasteiger partial charge in [-0.1, -0.05) is 71.1 Å². The van der Waals surface area contributed by atoms with Crippen LogP contribution in [0.4, 0.5) is 0 Å². The summed E-state index contributed by atoms with van der Waals surface area (Å²) in [7, 11) is 0. The highest BCUT2D eigenvalue weighted by atomic mass is 16.3. The lowest BCUT2D eigenvalue weighted by Gasteiger charge is -2.11. The van der Waals surface area contributed by atoms with Crippen LogP contribution in [0.15, 0.2) is 0 Å². The fourth-order valence-electron chi connectivity index (χ4n) is 2.47.